The second-order valence-corrected chi connectivity index (χ2v) is 6.00. The van der Waals surface area contributed by atoms with Gasteiger partial charge in [-0.3, -0.25) is 9.36 Å². The molecule has 0 bridgehead atoms. The highest BCUT2D eigenvalue weighted by Crippen LogP contribution is 2.17. The lowest BCUT2D eigenvalue weighted by atomic mass is 10.0. The smallest absolute Gasteiger partial charge is 0.325 e. The van der Waals surface area contributed by atoms with E-state index >= 15 is 0 Å². The van der Waals surface area contributed by atoms with E-state index in [1.54, 1.807) is 0 Å². The van der Waals surface area contributed by atoms with Gasteiger partial charge >= 0.3 is 5.69 Å². The number of benzene rings is 2. The number of imidazole rings is 1. The van der Waals surface area contributed by atoms with E-state index in [0.717, 1.165) is 0 Å². The first-order chi connectivity index (χ1) is 11.4. The maximum absolute atomic E-state index is 13.2. The molecule has 0 spiro atoms. The average molecular weight is 327 g/mol. The van der Waals surface area contributed by atoms with Gasteiger partial charge in [0.1, 0.15) is 12.4 Å². The second kappa shape index (κ2) is 6.31. The Morgan fingerprint density at radius 3 is 2.58 bits per heavy atom. The fraction of sp³-hybridized carbons (Fsp3) is 0.222. The average Bonchev–Trinajstić information content (AvgIpc) is 2.82. The molecule has 24 heavy (non-hydrogen) atoms. The predicted octanol–water partition coefficient (Wildman–Crippen LogP) is 3.23. The minimum absolute atomic E-state index is 0.142. The molecular weight excluding hydrogens is 309 g/mol. The van der Waals surface area contributed by atoms with Gasteiger partial charge in [-0.05, 0) is 41.8 Å². The summed E-state index contributed by atoms with van der Waals surface area (Å²) < 4.78 is 14.5. The van der Waals surface area contributed by atoms with Crippen LogP contribution in [0, 0.1) is 5.82 Å². The maximum atomic E-state index is 13.2. The number of hydrogen-bond acceptors (Lipinski definition) is 2. The molecule has 1 heterocycles. The number of rotatable bonds is 4. The second-order valence-electron chi connectivity index (χ2n) is 6.00. The molecule has 5 nitrogen and oxygen atoms in total. The van der Waals surface area contributed by atoms with Crippen molar-refractivity contribution in [3.8, 4) is 0 Å². The molecule has 2 aromatic carbocycles. The summed E-state index contributed by atoms with van der Waals surface area (Å²) >= 11 is 0. The predicted molar refractivity (Wildman–Crippen MR) is 91.7 cm³/mol. The minimum atomic E-state index is -0.444. The number of hydrogen-bond donors (Lipinski definition) is 2. The number of nitrogens with one attached hydrogen (secondary N) is 2. The van der Waals surface area contributed by atoms with E-state index in [1.807, 2.05) is 24.3 Å². The van der Waals surface area contributed by atoms with Gasteiger partial charge in [0, 0.05) is 5.69 Å². The fourth-order valence-corrected chi connectivity index (χ4v) is 2.59. The van der Waals surface area contributed by atoms with Crippen molar-refractivity contribution in [1.82, 2.24) is 9.55 Å². The molecule has 124 valence electrons. The third kappa shape index (κ3) is 3.22. The van der Waals surface area contributed by atoms with E-state index in [1.165, 1.54) is 28.3 Å². The molecule has 0 unspecified atom stereocenters. The molecule has 1 amide bonds. The van der Waals surface area contributed by atoms with Crippen LogP contribution in [0.25, 0.3) is 11.0 Å². The van der Waals surface area contributed by atoms with E-state index in [-0.39, 0.29) is 12.5 Å². The van der Waals surface area contributed by atoms with E-state index in [2.05, 4.69) is 24.1 Å². The van der Waals surface area contributed by atoms with Gasteiger partial charge in [-0.15, -0.1) is 0 Å². The van der Waals surface area contributed by atoms with Gasteiger partial charge in [0.15, 0.2) is 0 Å². The third-order valence-electron chi connectivity index (χ3n) is 3.90. The van der Waals surface area contributed by atoms with Gasteiger partial charge < -0.3 is 10.3 Å². The molecule has 3 aromatic rings. The van der Waals surface area contributed by atoms with Crippen LogP contribution >= 0.6 is 0 Å². The van der Waals surface area contributed by atoms with Crippen molar-refractivity contribution in [3.05, 3.63) is 64.3 Å². The first-order valence-electron chi connectivity index (χ1n) is 7.72. The molecule has 2 N–H and O–H groups in total. The van der Waals surface area contributed by atoms with Crippen LogP contribution in [0.15, 0.2) is 47.3 Å². The molecule has 0 saturated heterocycles. The summed E-state index contributed by atoms with van der Waals surface area (Å²) in [6, 6.07) is 11.6. The Balaban J connectivity index is 1.78. The lowest BCUT2D eigenvalue weighted by Crippen LogP contribution is -2.25. The van der Waals surface area contributed by atoms with E-state index < -0.39 is 11.5 Å². The third-order valence-corrected chi connectivity index (χ3v) is 3.90. The Kier molecular flexibility index (Phi) is 4.20. The van der Waals surface area contributed by atoms with Crippen molar-refractivity contribution in [2.45, 2.75) is 26.3 Å². The Labute approximate surface area is 138 Å². The summed E-state index contributed by atoms with van der Waals surface area (Å²) in [6.07, 6.45) is 0. The highest BCUT2D eigenvalue weighted by atomic mass is 19.1. The molecule has 0 aliphatic carbocycles. The molecule has 0 aliphatic rings. The summed E-state index contributed by atoms with van der Waals surface area (Å²) in [6.45, 7) is 4.05. The SMILES string of the molecule is CC(C)c1ccc(NC(=O)Cn2c(=O)[nH]c3cc(F)ccc32)cc1. The Morgan fingerprint density at radius 2 is 1.92 bits per heavy atom. The lowest BCUT2D eigenvalue weighted by Gasteiger charge is -2.09. The zero-order chi connectivity index (χ0) is 17.3. The first-order valence-corrected chi connectivity index (χ1v) is 7.72. The number of nitrogens with zero attached hydrogens (tertiary/aromatic N) is 1. The van der Waals surface area contributed by atoms with Crippen LogP contribution in [0.1, 0.15) is 25.3 Å². The van der Waals surface area contributed by atoms with Crippen molar-refractivity contribution in [2.75, 3.05) is 5.32 Å². The molecule has 0 aliphatic heterocycles. The van der Waals surface area contributed by atoms with Crippen LogP contribution < -0.4 is 11.0 Å². The number of aromatic amines is 1. The van der Waals surface area contributed by atoms with Crippen LogP contribution in [0.3, 0.4) is 0 Å². The molecule has 0 saturated carbocycles. The van der Waals surface area contributed by atoms with Gasteiger partial charge in [0.05, 0.1) is 11.0 Å². The monoisotopic (exact) mass is 327 g/mol. The fourth-order valence-electron chi connectivity index (χ4n) is 2.59. The number of carbonyl (C=O) groups is 1. The molecule has 0 atom stereocenters. The molecule has 3 rings (SSSR count). The number of carbonyl (C=O) groups excluding carboxylic acids is 1. The van der Waals surface area contributed by atoms with Crippen molar-refractivity contribution in [3.63, 3.8) is 0 Å². The van der Waals surface area contributed by atoms with Crippen LogP contribution in [-0.2, 0) is 11.3 Å². The Morgan fingerprint density at radius 1 is 1.21 bits per heavy atom. The minimum Gasteiger partial charge on any atom is -0.325 e. The highest BCUT2D eigenvalue weighted by molar-refractivity contribution is 5.91. The van der Waals surface area contributed by atoms with Crippen molar-refractivity contribution in [2.24, 2.45) is 0 Å². The van der Waals surface area contributed by atoms with Crippen molar-refractivity contribution < 1.29 is 9.18 Å². The van der Waals surface area contributed by atoms with Crippen molar-refractivity contribution >= 4 is 22.6 Å². The van der Waals surface area contributed by atoms with Crippen LogP contribution in [-0.4, -0.2) is 15.5 Å². The summed E-state index contributed by atoms with van der Waals surface area (Å²) in [7, 11) is 0. The van der Waals surface area contributed by atoms with Crippen LogP contribution in [0.4, 0.5) is 10.1 Å². The summed E-state index contributed by atoms with van der Waals surface area (Å²) in [5.74, 6) is -0.342. The lowest BCUT2D eigenvalue weighted by molar-refractivity contribution is -0.116. The number of anilines is 1. The summed E-state index contributed by atoms with van der Waals surface area (Å²) in [4.78, 5) is 26.7. The topological polar surface area (TPSA) is 66.9 Å². The van der Waals surface area contributed by atoms with Crippen LogP contribution in [0.5, 0.6) is 0 Å². The normalized spacial score (nSPS) is 11.2. The van der Waals surface area contributed by atoms with Gasteiger partial charge in [-0.25, -0.2) is 9.18 Å². The summed E-state index contributed by atoms with van der Waals surface area (Å²) in [5, 5.41) is 2.76. The number of amides is 1. The van der Waals surface area contributed by atoms with Gasteiger partial charge in [0.25, 0.3) is 0 Å². The van der Waals surface area contributed by atoms with Crippen LogP contribution in [0.2, 0.25) is 0 Å². The number of aromatic nitrogens is 2. The Bertz CT molecular complexity index is 939. The molecular formula is C18H18FN3O2. The van der Waals surface area contributed by atoms with E-state index in [0.29, 0.717) is 22.6 Å². The molecule has 1 aromatic heterocycles. The summed E-state index contributed by atoms with van der Waals surface area (Å²) in [5.41, 5.74) is 2.27. The molecule has 0 fully saturated rings. The van der Waals surface area contributed by atoms with E-state index in [9.17, 15) is 14.0 Å². The molecule has 0 radical (unpaired) electrons. The van der Waals surface area contributed by atoms with Crippen molar-refractivity contribution in [1.29, 1.82) is 0 Å². The standard InChI is InChI=1S/C18H18FN3O2/c1-11(2)12-3-6-14(7-4-12)20-17(23)10-22-16-8-5-13(19)9-15(16)21-18(22)24/h3-9,11H,10H2,1-2H3,(H,20,23)(H,21,24). The highest BCUT2D eigenvalue weighted by Gasteiger charge is 2.11. The first kappa shape index (κ1) is 16.0. The van der Waals surface area contributed by atoms with Gasteiger partial charge in [-0.2, -0.15) is 0 Å². The Hall–Kier alpha value is -2.89. The largest absolute Gasteiger partial charge is 0.326 e. The number of H-pyrrole nitrogens is 1. The quantitative estimate of drug-likeness (QED) is 0.772. The number of halogens is 1. The zero-order valence-corrected chi connectivity index (χ0v) is 13.5. The maximum Gasteiger partial charge on any atom is 0.326 e. The van der Waals surface area contributed by atoms with Gasteiger partial charge in [-0.1, -0.05) is 26.0 Å². The van der Waals surface area contributed by atoms with Gasteiger partial charge in [0.2, 0.25) is 5.91 Å². The number of fused-ring (bicyclic) bond motifs is 1. The zero-order valence-electron chi connectivity index (χ0n) is 13.5. The van der Waals surface area contributed by atoms with E-state index in [4.69, 9.17) is 0 Å². The molecule has 6 heteroatoms.